The van der Waals surface area contributed by atoms with Gasteiger partial charge < -0.3 is 4.74 Å². The van der Waals surface area contributed by atoms with Crippen LogP contribution in [0.2, 0.25) is 0 Å². The lowest BCUT2D eigenvalue weighted by molar-refractivity contribution is 0.326. The summed E-state index contributed by atoms with van der Waals surface area (Å²) in [4.78, 5) is 2.31. The molecule has 0 rings (SSSR count). The van der Waals surface area contributed by atoms with Crippen LogP contribution in [-0.4, -0.2) is 31.6 Å². The van der Waals surface area contributed by atoms with E-state index in [0.717, 1.165) is 25.2 Å². The average Bonchev–Trinajstić information content (AvgIpc) is 2.10. The lowest BCUT2D eigenvalue weighted by atomic mass is 10.3. The summed E-state index contributed by atoms with van der Waals surface area (Å²) >= 11 is 0. The van der Waals surface area contributed by atoms with Crippen LogP contribution in [0.5, 0.6) is 0 Å². The normalized spacial score (nSPS) is 11.0. The largest absolute Gasteiger partial charge is 0.504 e. The number of hydrogen-bond donors (Lipinski definition) is 0. The van der Waals surface area contributed by atoms with Crippen LogP contribution in [0.15, 0.2) is 24.5 Å². The zero-order valence-corrected chi connectivity index (χ0v) is 8.34. The van der Waals surface area contributed by atoms with Crippen LogP contribution >= 0.6 is 0 Å². The van der Waals surface area contributed by atoms with E-state index < -0.39 is 0 Å². The smallest absolute Gasteiger partial charge is 0.0827 e. The zero-order chi connectivity index (χ0) is 9.40. The van der Waals surface area contributed by atoms with Gasteiger partial charge in [-0.25, -0.2) is 0 Å². The predicted octanol–water partition coefficient (Wildman–Crippen LogP) is 2.04. The number of rotatable bonds is 6. The van der Waals surface area contributed by atoms with Crippen molar-refractivity contribution in [2.45, 2.75) is 13.8 Å². The minimum atomic E-state index is 0.923. The molecule has 0 aliphatic carbocycles. The first kappa shape index (κ1) is 11.2. The number of methoxy groups -OCH3 is 1. The van der Waals surface area contributed by atoms with E-state index in [4.69, 9.17) is 4.74 Å². The summed E-state index contributed by atoms with van der Waals surface area (Å²) in [5, 5.41) is 0. The number of ether oxygens (including phenoxy) is 1. The Kier molecular flexibility index (Phi) is 6.48. The van der Waals surface area contributed by atoms with Gasteiger partial charge in [0, 0.05) is 6.54 Å². The van der Waals surface area contributed by atoms with Gasteiger partial charge >= 0.3 is 0 Å². The molecule has 0 atom stereocenters. The summed E-state index contributed by atoms with van der Waals surface area (Å²) < 4.78 is 4.80. The second-order valence-corrected chi connectivity index (χ2v) is 2.66. The lowest BCUT2D eigenvalue weighted by Gasteiger charge is -2.17. The molecule has 0 aliphatic heterocycles. The van der Waals surface area contributed by atoms with E-state index in [1.54, 1.807) is 13.4 Å². The fourth-order valence-corrected chi connectivity index (χ4v) is 0.951. The topological polar surface area (TPSA) is 12.5 Å². The van der Waals surface area contributed by atoms with Crippen LogP contribution in [-0.2, 0) is 4.74 Å². The Morgan fingerprint density at radius 1 is 1.42 bits per heavy atom. The van der Waals surface area contributed by atoms with Crippen molar-refractivity contribution < 1.29 is 4.74 Å². The Labute approximate surface area is 75.5 Å². The van der Waals surface area contributed by atoms with Crippen molar-refractivity contribution >= 4 is 0 Å². The Hall–Kier alpha value is -0.760. The molecule has 0 saturated carbocycles. The van der Waals surface area contributed by atoms with Crippen molar-refractivity contribution in [1.82, 2.24) is 4.90 Å². The van der Waals surface area contributed by atoms with Crippen molar-refractivity contribution in [2.24, 2.45) is 0 Å². The Balaban J connectivity index is 3.73. The summed E-state index contributed by atoms with van der Waals surface area (Å²) in [6.07, 6.45) is 3.56. The van der Waals surface area contributed by atoms with E-state index in [2.05, 4.69) is 25.3 Å². The highest BCUT2D eigenvalue weighted by Crippen LogP contribution is 1.97. The summed E-state index contributed by atoms with van der Waals surface area (Å²) in [6.45, 7) is 11.3. The molecule has 0 aromatic rings. The fraction of sp³-hybridized carbons (Fsp3) is 0.600. The van der Waals surface area contributed by atoms with Crippen molar-refractivity contribution in [3.05, 3.63) is 24.5 Å². The maximum absolute atomic E-state index is 4.80. The highest BCUT2D eigenvalue weighted by atomic mass is 16.5. The second kappa shape index (κ2) is 6.92. The van der Waals surface area contributed by atoms with E-state index in [1.807, 2.05) is 6.08 Å². The van der Waals surface area contributed by atoms with Gasteiger partial charge in [-0.15, -0.1) is 0 Å². The molecular formula is C10H19NO. The quantitative estimate of drug-likeness (QED) is 0.445. The molecule has 70 valence electrons. The number of likely N-dealkylation sites (N-methyl/N-ethyl adjacent to an activating group) is 1. The predicted molar refractivity (Wildman–Crippen MR) is 53.1 cm³/mol. The number of hydrogen-bond acceptors (Lipinski definition) is 2. The van der Waals surface area contributed by atoms with Crippen LogP contribution in [0.4, 0.5) is 0 Å². The van der Waals surface area contributed by atoms with Gasteiger partial charge in [0.05, 0.1) is 13.4 Å². The molecule has 0 aromatic carbocycles. The third kappa shape index (κ3) is 4.97. The van der Waals surface area contributed by atoms with Gasteiger partial charge in [-0.1, -0.05) is 20.4 Å². The Morgan fingerprint density at radius 2 is 2.00 bits per heavy atom. The van der Waals surface area contributed by atoms with Gasteiger partial charge in [-0.2, -0.15) is 0 Å². The summed E-state index contributed by atoms with van der Waals surface area (Å²) in [5.41, 5.74) is 1.08. The fourth-order valence-electron chi connectivity index (χ4n) is 0.951. The van der Waals surface area contributed by atoms with Gasteiger partial charge in [0.25, 0.3) is 0 Å². The van der Waals surface area contributed by atoms with Crippen molar-refractivity contribution in [1.29, 1.82) is 0 Å². The van der Waals surface area contributed by atoms with E-state index in [1.165, 1.54) is 0 Å². The van der Waals surface area contributed by atoms with Gasteiger partial charge in [0.2, 0.25) is 0 Å². The monoisotopic (exact) mass is 169 g/mol. The first-order valence-electron chi connectivity index (χ1n) is 4.34. The maximum Gasteiger partial charge on any atom is 0.0827 e. The van der Waals surface area contributed by atoms with E-state index >= 15 is 0 Å². The SMILES string of the molecule is C=C(/C=C/OC)CN(CC)CC. The third-order valence-electron chi connectivity index (χ3n) is 1.76. The highest BCUT2D eigenvalue weighted by Gasteiger charge is 1.98. The molecule has 2 heteroatoms. The molecule has 0 spiro atoms. The second-order valence-electron chi connectivity index (χ2n) is 2.66. The van der Waals surface area contributed by atoms with E-state index in [9.17, 15) is 0 Å². The molecule has 0 saturated heterocycles. The molecule has 0 unspecified atom stereocenters. The minimum Gasteiger partial charge on any atom is -0.504 e. The molecule has 0 bridgehead atoms. The van der Waals surface area contributed by atoms with Gasteiger partial charge in [0.1, 0.15) is 0 Å². The Bertz CT molecular complexity index is 148. The standard InChI is InChI=1S/C10H19NO/c1-5-11(6-2)9-10(3)7-8-12-4/h7-8H,3,5-6,9H2,1-2,4H3/b8-7+. The minimum absolute atomic E-state index is 0.923. The summed E-state index contributed by atoms with van der Waals surface area (Å²) in [5.74, 6) is 0. The molecule has 0 fully saturated rings. The first-order chi connectivity index (χ1) is 5.74. The van der Waals surface area contributed by atoms with Crippen molar-refractivity contribution in [3.8, 4) is 0 Å². The molecule has 0 heterocycles. The van der Waals surface area contributed by atoms with Crippen LogP contribution in [0.3, 0.4) is 0 Å². The summed E-state index contributed by atoms with van der Waals surface area (Å²) in [6, 6.07) is 0. The highest BCUT2D eigenvalue weighted by molar-refractivity contribution is 5.14. The molecule has 12 heavy (non-hydrogen) atoms. The van der Waals surface area contributed by atoms with Crippen LogP contribution < -0.4 is 0 Å². The van der Waals surface area contributed by atoms with Gasteiger partial charge in [-0.05, 0) is 24.7 Å². The molecule has 0 radical (unpaired) electrons. The van der Waals surface area contributed by atoms with Crippen LogP contribution in [0.1, 0.15) is 13.8 Å². The van der Waals surface area contributed by atoms with E-state index in [0.29, 0.717) is 0 Å². The van der Waals surface area contributed by atoms with Crippen molar-refractivity contribution in [2.75, 3.05) is 26.7 Å². The first-order valence-corrected chi connectivity index (χ1v) is 4.34. The molecule has 0 N–H and O–H groups in total. The van der Waals surface area contributed by atoms with Gasteiger partial charge in [0.15, 0.2) is 0 Å². The molecular weight excluding hydrogens is 150 g/mol. The molecule has 0 aromatic heterocycles. The maximum atomic E-state index is 4.80. The third-order valence-corrected chi connectivity index (χ3v) is 1.76. The lowest BCUT2D eigenvalue weighted by Crippen LogP contribution is -2.24. The average molecular weight is 169 g/mol. The van der Waals surface area contributed by atoms with Crippen molar-refractivity contribution in [3.63, 3.8) is 0 Å². The zero-order valence-electron chi connectivity index (χ0n) is 8.34. The Morgan fingerprint density at radius 3 is 2.42 bits per heavy atom. The van der Waals surface area contributed by atoms with Crippen LogP contribution in [0, 0.1) is 0 Å². The van der Waals surface area contributed by atoms with Gasteiger partial charge in [-0.3, -0.25) is 4.90 Å². The van der Waals surface area contributed by atoms with E-state index in [-0.39, 0.29) is 0 Å². The molecule has 0 aliphatic rings. The molecule has 2 nitrogen and oxygen atoms in total. The number of nitrogens with zero attached hydrogens (tertiary/aromatic N) is 1. The van der Waals surface area contributed by atoms with Crippen LogP contribution in [0.25, 0.3) is 0 Å². The summed E-state index contributed by atoms with van der Waals surface area (Å²) in [7, 11) is 1.64. The molecule has 0 amide bonds.